The maximum absolute atomic E-state index is 11.6. The van der Waals surface area contributed by atoms with Crippen LogP contribution in [0.25, 0.3) is 0 Å². The molecule has 1 heterocycles. The number of carbonyl (C=O) groups is 1. The van der Waals surface area contributed by atoms with E-state index in [4.69, 9.17) is 4.74 Å². The predicted molar refractivity (Wildman–Crippen MR) is 56.2 cm³/mol. The molecule has 1 aliphatic rings. The molecule has 0 radical (unpaired) electrons. The molecule has 1 rings (SSSR count). The fourth-order valence-corrected chi connectivity index (χ4v) is 1.69. The largest absolute Gasteiger partial charge is 0.449 e. The Kier molecular flexibility index (Phi) is 4.23. The van der Waals surface area contributed by atoms with Crippen molar-refractivity contribution in [1.29, 1.82) is 0 Å². The first-order chi connectivity index (χ1) is 6.61. The van der Waals surface area contributed by atoms with Crippen molar-refractivity contribution in [3.63, 3.8) is 0 Å². The van der Waals surface area contributed by atoms with Crippen LogP contribution >= 0.6 is 0 Å². The summed E-state index contributed by atoms with van der Waals surface area (Å²) in [6, 6.07) is 0.350. The first-order valence-electron chi connectivity index (χ1n) is 5.54. The number of amides is 1. The minimum absolute atomic E-state index is 0.133. The van der Waals surface area contributed by atoms with Gasteiger partial charge < -0.3 is 9.64 Å². The van der Waals surface area contributed by atoms with Gasteiger partial charge >= 0.3 is 6.09 Å². The monoisotopic (exact) mass is 199 g/mol. The number of piperidine rings is 1. The van der Waals surface area contributed by atoms with Crippen molar-refractivity contribution >= 4 is 6.09 Å². The minimum atomic E-state index is -0.133. The Hall–Kier alpha value is -0.730. The highest BCUT2D eigenvalue weighted by atomic mass is 16.6. The van der Waals surface area contributed by atoms with Gasteiger partial charge in [-0.2, -0.15) is 0 Å². The van der Waals surface area contributed by atoms with Crippen molar-refractivity contribution in [3.05, 3.63) is 0 Å². The molecule has 1 aliphatic heterocycles. The van der Waals surface area contributed by atoms with E-state index < -0.39 is 0 Å². The molecule has 14 heavy (non-hydrogen) atoms. The highest BCUT2D eigenvalue weighted by Crippen LogP contribution is 2.17. The molecule has 3 heteroatoms. The molecule has 3 nitrogen and oxygen atoms in total. The van der Waals surface area contributed by atoms with Crippen LogP contribution in [0.5, 0.6) is 0 Å². The number of likely N-dealkylation sites (tertiary alicyclic amines) is 1. The van der Waals surface area contributed by atoms with Gasteiger partial charge in [-0.3, -0.25) is 0 Å². The third-order valence-electron chi connectivity index (χ3n) is 2.58. The van der Waals surface area contributed by atoms with Gasteiger partial charge in [0, 0.05) is 12.6 Å². The number of hydrogen-bond acceptors (Lipinski definition) is 2. The molecule has 0 aromatic heterocycles. The number of rotatable bonds is 2. The number of hydrogen-bond donors (Lipinski definition) is 0. The van der Waals surface area contributed by atoms with Gasteiger partial charge in [-0.25, -0.2) is 4.79 Å². The van der Waals surface area contributed by atoms with E-state index in [9.17, 15) is 4.79 Å². The number of ether oxygens (including phenoxy) is 1. The summed E-state index contributed by atoms with van der Waals surface area (Å²) < 4.78 is 5.20. The molecule has 1 atom stereocenters. The predicted octanol–water partition coefficient (Wildman–Crippen LogP) is 2.65. The third-order valence-corrected chi connectivity index (χ3v) is 2.58. The molecule has 0 aliphatic carbocycles. The van der Waals surface area contributed by atoms with Crippen LogP contribution in [0.3, 0.4) is 0 Å². The smallest absolute Gasteiger partial charge is 0.410 e. The van der Waals surface area contributed by atoms with Gasteiger partial charge in [0.15, 0.2) is 0 Å². The molecular formula is C11H21NO2. The Bertz CT molecular complexity index is 192. The van der Waals surface area contributed by atoms with Gasteiger partial charge in [-0.05, 0) is 32.1 Å². The molecule has 0 spiro atoms. The molecule has 1 amide bonds. The van der Waals surface area contributed by atoms with E-state index in [0.29, 0.717) is 18.6 Å². The number of carbonyl (C=O) groups excluding carboxylic acids is 1. The van der Waals surface area contributed by atoms with E-state index >= 15 is 0 Å². The first kappa shape index (κ1) is 11.3. The summed E-state index contributed by atoms with van der Waals surface area (Å²) in [5.41, 5.74) is 0. The average molecular weight is 199 g/mol. The Balaban J connectivity index is 2.34. The lowest BCUT2D eigenvalue weighted by molar-refractivity contribution is 0.0693. The van der Waals surface area contributed by atoms with Crippen molar-refractivity contribution in [2.75, 3.05) is 13.2 Å². The van der Waals surface area contributed by atoms with Crippen molar-refractivity contribution in [2.45, 2.75) is 46.1 Å². The Morgan fingerprint density at radius 2 is 2.21 bits per heavy atom. The minimum Gasteiger partial charge on any atom is -0.449 e. The van der Waals surface area contributed by atoms with E-state index in [1.165, 1.54) is 6.42 Å². The van der Waals surface area contributed by atoms with Crippen LogP contribution < -0.4 is 0 Å². The lowest BCUT2D eigenvalue weighted by Crippen LogP contribution is -2.42. The summed E-state index contributed by atoms with van der Waals surface area (Å²) in [5, 5.41) is 0. The van der Waals surface area contributed by atoms with Gasteiger partial charge in [0.25, 0.3) is 0 Å². The standard InChI is InChI=1S/C11H21NO2/c1-9(2)8-14-11(13)12-7-5-4-6-10(12)3/h9-10H,4-8H2,1-3H3/t10-/m0/s1. The molecule has 0 aromatic rings. The molecule has 0 N–H and O–H groups in total. The average Bonchev–Trinajstić information content (AvgIpc) is 2.15. The van der Waals surface area contributed by atoms with Crippen LogP contribution in [0.1, 0.15) is 40.0 Å². The summed E-state index contributed by atoms with van der Waals surface area (Å²) in [6.45, 7) is 7.58. The molecule has 1 fully saturated rings. The van der Waals surface area contributed by atoms with Crippen molar-refractivity contribution < 1.29 is 9.53 Å². The fourth-order valence-electron chi connectivity index (χ4n) is 1.69. The third kappa shape index (κ3) is 3.20. The topological polar surface area (TPSA) is 29.5 Å². The van der Waals surface area contributed by atoms with Crippen LogP contribution in [0.2, 0.25) is 0 Å². The maximum atomic E-state index is 11.6. The van der Waals surface area contributed by atoms with Crippen molar-refractivity contribution in [1.82, 2.24) is 4.90 Å². The van der Waals surface area contributed by atoms with Crippen LogP contribution in [-0.4, -0.2) is 30.2 Å². The zero-order chi connectivity index (χ0) is 10.6. The van der Waals surface area contributed by atoms with E-state index in [2.05, 4.69) is 6.92 Å². The van der Waals surface area contributed by atoms with Gasteiger partial charge in [-0.15, -0.1) is 0 Å². The van der Waals surface area contributed by atoms with E-state index in [1.807, 2.05) is 18.7 Å². The summed E-state index contributed by atoms with van der Waals surface area (Å²) in [6.07, 6.45) is 3.32. The van der Waals surface area contributed by atoms with Gasteiger partial charge in [0.2, 0.25) is 0 Å². The second-order valence-electron chi connectivity index (χ2n) is 4.51. The zero-order valence-corrected chi connectivity index (χ0v) is 9.45. The van der Waals surface area contributed by atoms with Crippen molar-refractivity contribution in [2.24, 2.45) is 5.92 Å². The number of nitrogens with zero attached hydrogens (tertiary/aromatic N) is 1. The van der Waals surface area contributed by atoms with Gasteiger partial charge in [0.05, 0.1) is 6.61 Å². The van der Waals surface area contributed by atoms with Crippen LogP contribution in [-0.2, 0) is 4.74 Å². The summed E-state index contributed by atoms with van der Waals surface area (Å²) >= 11 is 0. The summed E-state index contributed by atoms with van der Waals surface area (Å²) in [5.74, 6) is 0.416. The Morgan fingerprint density at radius 1 is 1.50 bits per heavy atom. The fraction of sp³-hybridized carbons (Fsp3) is 0.909. The first-order valence-corrected chi connectivity index (χ1v) is 5.54. The summed E-state index contributed by atoms with van der Waals surface area (Å²) in [7, 11) is 0. The Morgan fingerprint density at radius 3 is 2.79 bits per heavy atom. The lowest BCUT2D eigenvalue weighted by Gasteiger charge is -2.32. The van der Waals surface area contributed by atoms with Crippen LogP contribution in [0.15, 0.2) is 0 Å². The molecule has 82 valence electrons. The molecule has 0 aromatic carbocycles. The van der Waals surface area contributed by atoms with E-state index in [1.54, 1.807) is 0 Å². The molecule has 0 unspecified atom stereocenters. The quantitative estimate of drug-likeness (QED) is 0.684. The summed E-state index contributed by atoms with van der Waals surface area (Å²) in [4.78, 5) is 13.5. The normalized spacial score (nSPS) is 22.6. The molecule has 1 saturated heterocycles. The Labute approximate surface area is 86.4 Å². The second kappa shape index (κ2) is 5.23. The van der Waals surface area contributed by atoms with Gasteiger partial charge in [0.1, 0.15) is 0 Å². The molecular weight excluding hydrogens is 178 g/mol. The zero-order valence-electron chi connectivity index (χ0n) is 9.45. The van der Waals surface area contributed by atoms with Crippen LogP contribution in [0.4, 0.5) is 4.79 Å². The van der Waals surface area contributed by atoms with E-state index in [-0.39, 0.29) is 6.09 Å². The molecule has 0 bridgehead atoms. The van der Waals surface area contributed by atoms with E-state index in [0.717, 1.165) is 19.4 Å². The van der Waals surface area contributed by atoms with Crippen molar-refractivity contribution in [3.8, 4) is 0 Å². The maximum Gasteiger partial charge on any atom is 0.410 e. The SMILES string of the molecule is CC(C)COC(=O)N1CCCC[C@@H]1C. The van der Waals surface area contributed by atoms with Gasteiger partial charge in [-0.1, -0.05) is 13.8 Å². The second-order valence-corrected chi connectivity index (χ2v) is 4.51. The molecule has 0 saturated carbocycles. The highest BCUT2D eigenvalue weighted by molar-refractivity contribution is 5.68. The van der Waals surface area contributed by atoms with Crippen LogP contribution in [0, 0.1) is 5.92 Å². The lowest BCUT2D eigenvalue weighted by atomic mass is 10.0. The highest BCUT2D eigenvalue weighted by Gasteiger charge is 2.24.